The Labute approximate surface area is 91.2 Å². The summed E-state index contributed by atoms with van der Waals surface area (Å²) in [6, 6.07) is 0.685. The fourth-order valence-corrected chi connectivity index (χ4v) is 1.92. The zero-order valence-electron chi connectivity index (χ0n) is 9.52. The zero-order chi connectivity index (χ0) is 11.3. The summed E-state index contributed by atoms with van der Waals surface area (Å²) in [5.74, 6) is -0.863. The van der Waals surface area contributed by atoms with Gasteiger partial charge in [0.1, 0.15) is 0 Å². The maximum Gasteiger partial charge on any atom is 0.328 e. The molecule has 0 aromatic rings. The highest BCUT2D eigenvalue weighted by atomic mass is 16.4. The molecular formula is C11H20N2O2. The van der Waals surface area contributed by atoms with Crippen LogP contribution in [0.1, 0.15) is 12.8 Å². The van der Waals surface area contributed by atoms with Crippen LogP contribution in [0.5, 0.6) is 0 Å². The van der Waals surface area contributed by atoms with E-state index in [9.17, 15) is 4.79 Å². The summed E-state index contributed by atoms with van der Waals surface area (Å²) in [6.45, 7) is 2.88. The van der Waals surface area contributed by atoms with Gasteiger partial charge in [0, 0.05) is 18.7 Å². The molecule has 1 aliphatic heterocycles. The molecule has 0 saturated carbocycles. The lowest BCUT2D eigenvalue weighted by Crippen LogP contribution is -2.41. The topological polar surface area (TPSA) is 43.8 Å². The third-order valence-electron chi connectivity index (χ3n) is 2.91. The van der Waals surface area contributed by atoms with Crippen molar-refractivity contribution >= 4 is 5.97 Å². The van der Waals surface area contributed by atoms with E-state index in [4.69, 9.17) is 5.11 Å². The van der Waals surface area contributed by atoms with Gasteiger partial charge in [0.2, 0.25) is 0 Å². The van der Waals surface area contributed by atoms with Gasteiger partial charge in [-0.05, 0) is 40.0 Å². The molecule has 15 heavy (non-hydrogen) atoms. The monoisotopic (exact) mass is 212 g/mol. The molecule has 0 amide bonds. The van der Waals surface area contributed by atoms with Gasteiger partial charge in [0.25, 0.3) is 0 Å². The zero-order valence-corrected chi connectivity index (χ0v) is 9.52. The summed E-state index contributed by atoms with van der Waals surface area (Å²) in [6.07, 6.45) is 5.29. The van der Waals surface area contributed by atoms with Crippen LogP contribution in [0, 0.1) is 0 Å². The molecule has 1 aliphatic rings. The molecule has 0 aliphatic carbocycles. The van der Waals surface area contributed by atoms with E-state index in [0.29, 0.717) is 6.04 Å². The van der Waals surface area contributed by atoms with Gasteiger partial charge in [-0.3, -0.25) is 4.90 Å². The van der Waals surface area contributed by atoms with Crippen molar-refractivity contribution in [2.75, 3.05) is 33.7 Å². The van der Waals surface area contributed by atoms with Gasteiger partial charge in [0.05, 0.1) is 0 Å². The van der Waals surface area contributed by atoms with Crippen LogP contribution in [0.15, 0.2) is 12.2 Å². The van der Waals surface area contributed by atoms with Gasteiger partial charge in [0.15, 0.2) is 0 Å². The maximum atomic E-state index is 10.3. The Kier molecular flexibility index (Phi) is 4.78. The summed E-state index contributed by atoms with van der Waals surface area (Å²) in [4.78, 5) is 14.8. The highest BCUT2D eigenvalue weighted by Gasteiger charge is 2.19. The Morgan fingerprint density at radius 3 is 2.53 bits per heavy atom. The Hall–Kier alpha value is -0.870. The Bertz CT molecular complexity index is 231. The normalized spacial score (nSPS) is 20.2. The highest BCUT2D eigenvalue weighted by Crippen LogP contribution is 2.13. The van der Waals surface area contributed by atoms with Gasteiger partial charge < -0.3 is 10.0 Å². The van der Waals surface area contributed by atoms with Crippen molar-refractivity contribution in [1.82, 2.24) is 9.80 Å². The fraction of sp³-hybridized carbons (Fsp3) is 0.727. The van der Waals surface area contributed by atoms with E-state index < -0.39 is 5.97 Å². The van der Waals surface area contributed by atoms with Crippen LogP contribution in [-0.2, 0) is 4.79 Å². The van der Waals surface area contributed by atoms with E-state index in [1.165, 1.54) is 18.9 Å². The largest absolute Gasteiger partial charge is 0.478 e. The summed E-state index contributed by atoms with van der Waals surface area (Å²) in [5.41, 5.74) is 0. The number of hydrogen-bond acceptors (Lipinski definition) is 3. The van der Waals surface area contributed by atoms with Crippen molar-refractivity contribution in [3.05, 3.63) is 12.2 Å². The summed E-state index contributed by atoms with van der Waals surface area (Å²) < 4.78 is 0. The smallest absolute Gasteiger partial charge is 0.328 e. The number of aliphatic carboxylic acids is 1. The number of carbonyl (C=O) groups is 1. The maximum absolute atomic E-state index is 10.3. The first-order valence-corrected chi connectivity index (χ1v) is 5.38. The fourth-order valence-electron chi connectivity index (χ4n) is 1.92. The quantitative estimate of drug-likeness (QED) is 0.695. The van der Waals surface area contributed by atoms with E-state index in [-0.39, 0.29) is 0 Å². The molecule has 0 atom stereocenters. The molecule has 1 fully saturated rings. The molecule has 1 N–H and O–H groups in total. The van der Waals surface area contributed by atoms with Crippen molar-refractivity contribution in [3.8, 4) is 0 Å². The highest BCUT2D eigenvalue weighted by molar-refractivity contribution is 5.79. The second kappa shape index (κ2) is 5.88. The molecular weight excluding hydrogens is 192 g/mol. The summed E-state index contributed by atoms with van der Waals surface area (Å²) in [5, 5.41) is 8.45. The number of rotatable bonds is 4. The molecule has 0 spiro atoms. The number of nitrogens with zero attached hydrogens (tertiary/aromatic N) is 2. The summed E-state index contributed by atoms with van der Waals surface area (Å²) >= 11 is 0. The van der Waals surface area contributed by atoms with Crippen molar-refractivity contribution in [2.45, 2.75) is 18.9 Å². The molecule has 0 aromatic carbocycles. The second-order valence-electron chi connectivity index (χ2n) is 4.24. The number of piperidine rings is 1. The van der Waals surface area contributed by atoms with Gasteiger partial charge >= 0.3 is 5.97 Å². The molecule has 0 radical (unpaired) electrons. The van der Waals surface area contributed by atoms with Crippen molar-refractivity contribution in [2.24, 2.45) is 0 Å². The van der Waals surface area contributed by atoms with Crippen LogP contribution in [-0.4, -0.2) is 60.6 Å². The van der Waals surface area contributed by atoms with Crippen LogP contribution in [0.2, 0.25) is 0 Å². The van der Waals surface area contributed by atoms with Crippen molar-refractivity contribution in [3.63, 3.8) is 0 Å². The average molecular weight is 212 g/mol. The molecule has 0 bridgehead atoms. The predicted octanol–water partition coefficient (Wildman–Crippen LogP) is 0.653. The molecule has 86 valence electrons. The number of carboxylic acids is 1. The number of hydrogen-bond donors (Lipinski definition) is 1. The Balaban J connectivity index is 2.23. The van der Waals surface area contributed by atoms with Crippen LogP contribution in [0.25, 0.3) is 0 Å². The average Bonchev–Trinajstić information content (AvgIpc) is 2.18. The lowest BCUT2D eigenvalue weighted by molar-refractivity contribution is -0.131. The number of likely N-dealkylation sites (tertiary alicyclic amines) is 1. The lowest BCUT2D eigenvalue weighted by atomic mass is 10.0. The predicted molar refractivity (Wildman–Crippen MR) is 59.9 cm³/mol. The van der Waals surface area contributed by atoms with E-state index in [0.717, 1.165) is 19.6 Å². The van der Waals surface area contributed by atoms with Crippen LogP contribution in [0.3, 0.4) is 0 Å². The molecule has 4 nitrogen and oxygen atoms in total. The molecule has 1 heterocycles. The van der Waals surface area contributed by atoms with Crippen molar-refractivity contribution in [1.29, 1.82) is 0 Å². The number of carboxylic acid groups (broad SMARTS) is 1. The van der Waals surface area contributed by atoms with Gasteiger partial charge in [-0.2, -0.15) is 0 Å². The van der Waals surface area contributed by atoms with E-state index >= 15 is 0 Å². The van der Waals surface area contributed by atoms with E-state index in [1.54, 1.807) is 6.08 Å². The minimum atomic E-state index is -0.863. The first-order valence-electron chi connectivity index (χ1n) is 5.38. The van der Waals surface area contributed by atoms with Gasteiger partial charge in [-0.25, -0.2) is 4.79 Å². The molecule has 0 aromatic heterocycles. The molecule has 4 heteroatoms. The SMILES string of the molecule is CN(C)C1CCN(C/C=C/C(=O)O)CC1. The molecule has 0 unspecified atom stereocenters. The Morgan fingerprint density at radius 1 is 1.47 bits per heavy atom. The first kappa shape index (κ1) is 12.2. The molecule has 1 rings (SSSR count). The Morgan fingerprint density at radius 2 is 2.07 bits per heavy atom. The van der Waals surface area contributed by atoms with Crippen molar-refractivity contribution < 1.29 is 9.90 Å². The molecule has 1 saturated heterocycles. The van der Waals surface area contributed by atoms with E-state index in [2.05, 4.69) is 23.9 Å². The minimum absolute atomic E-state index is 0.685. The third-order valence-corrected chi connectivity index (χ3v) is 2.91. The lowest BCUT2D eigenvalue weighted by Gasteiger charge is -2.34. The third kappa shape index (κ3) is 4.44. The van der Waals surface area contributed by atoms with Gasteiger partial charge in [-0.15, -0.1) is 0 Å². The van der Waals surface area contributed by atoms with E-state index in [1.807, 2.05) is 0 Å². The van der Waals surface area contributed by atoms with Gasteiger partial charge in [-0.1, -0.05) is 6.08 Å². The summed E-state index contributed by atoms with van der Waals surface area (Å²) in [7, 11) is 4.23. The second-order valence-corrected chi connectivity index (χ2v) is 4.24. The van der Waals surface area contributed by atoms with Crippen LogP contribution < -0.4 is 0 Å². The van der Waals surface area contributed by atoms with Crippen LogP contribution >= 0.6 is 0 Å². The first-order chi connectivity index (χ1) is 7.09. The minimum Gasteiger partial charge on any atom is -0.478 e. The van der Waals surface area contributed by atoms with Crippen LogP contribution in [0.4, 0.5) is 0 Å². The standard InChI is InChI=1S/C11H20N2O2/c1-12(2)10-5-8-13(9-6-10)7-3-4-11(14)15/h3-4,10H,5-9H2,1-2H3,(H,14,15)/b4-3+.